The summed E-state index contributed by atoms with van der Waals surface area (Å²) in [6.07, 6.45) is 3.16. The molecule has 2 aliphatic carbocycles. The van der Waals surface area contributed by atoms with Crippen molar-refractivity contribution in [2.24, 2.45) is 17.8 Å². The van der Waals surface area contributed by atoms with Crippen LogP contribution in [0.15, 0.2) is 0 Å². The van der Waals surface area contributed by atoms with Crippen LogP contribution in [0.1, 0.15) is 46.0 Å². The highest BCUT2D eigenvalue weighted by Crippen LogP contribution is 2.60. The summed E-state index contributed by atoms with van der Waals surface area (Å²) in [4.78, 5) is 12.1. The van der Waals surface area contributed by atoms with E-state index in [1.54, 1.807) is 0 Å². The van der Waals surface area contributed by atoms with Gasteiger partial charge in [0, 0.05) is 24.9 Å². The topological polar surface area (TPSA) is 54.5 Å². The average Bonchev–Trinajstić information content (AvgIpc) is 3.00. The van der Waals surface area contributed by atoms with E-state index in [2.05, 4.69) is 0 Å². The minimum atomic E-state index is -5.32. The first-order valence-corrected chi connectivity index (χ1v) is 9.21. The van der Waals surface area contributed by atoms with E-state index >= 15 is 0 Å². The fourth-order valence-corrected chi connectivity index (χ4v) is 5.08. The predicted octanol–water partition coefficient (Wildman–Crippen LogP) is 2.94. The third-order valence-corrected chi connectivity index (χ3v) is 6.63. The number of carbonyl (C=O) groups is 1. The van der Waals surface area contributed by atoms with Crippen molar-refractivity contribution in [3.63, 3.8) is 0 Å². The molecule has 0 heterocycles. The van der Waals surface area contributed by atoms with Crippen LogP contribution in [0.5, 0.6) is 0 Å². The van der Waals surface area contributed by atoms with Gasteiger partial charge in [0.1, 0.15) is 5.78 Å². The van der Waals surface area contributed by atoms with E-state index in [1.807, 2.05) is 6.92 Å². The van der Waals surface area contributed by atoms with E-state index in [0.717, 1.165) is 12.8 Å². The minimum absolute atomic E-state index is 0.0758. The molecule has 0 aromatic carbocycles. The number of hydrogen-bond acceptors (Lipinski definition) is 3. The van der Waals surface area contributed by atoms with Gasteiger partial charge >= 0.3 is 15.5 Å². The number of Topliss-reactive ketones (excluding diaryl/α,β-unsaturated/α-hetero) is 1. The quantitative estimate of drug-likeness (QED) is 0.715. The molecule has 0 N–H and O–H groups in total. The Labute approximate surface area is 129 Å². The number of hydrogen-bond donors (Lipinski definition) is 0. The maximum Gasteiger partial charge on any atom is 0.511 e. The van der Waals surface area contributed by atoms with Crippen LogP contribution in [0.2, 0.25) is 0 Å². The van der Waals surface area contributed by atoms with Crippen molar-refractivity contribution in [2.45, 2.75) is 57.5 Å². The molecule has 128 valence electrons. The van der Waals surface area contributed by atoms with Crippen LogP contribution in [-0.4, -0.2) is 36.6 Å². The molecule has 2 rings (SSSR count). The molecule has 4 nitrogen and oxygen atoms in total. The van der Waals surface area contributed by atoms with E-state index in [1.165, 1.54) is 6.92 Å². The number of halogens is 3. The fraction of sp³-hybridized carbons (Fsp3) is 0.929. The highest BCUT2D eigenvalue weighted by atomic mass is 32.2. The third-order valence-electron chi connectivity index (χ3n) is 4.90. The van der Waals surface area contributed by atoms with Crippen molar-refractivity contribution in [2.75, 3.05) is 6.54 Å². The van der Waals surface area contributed by atoms with E-state index in [0.29, 0.717) is 23.6 Å². The smallest absolute Gasteiger partial charge is 0.299 e. The Kier molecular flexibility index (Phi) is 4.92. The summed E-state index contributed by atoms with van der Waals surface area (Å²) in [6.45, 7) is 3.16. The number of unbranched alkanes of at least 4 members (excludes halogenated alkanes) is 1. The molecule has 8 heteroatoms. The summed E-state index contributed by atoms with van der Waals surface area (Å²) in [6, 6.07) is -0.683. The second kappa shape index (κ2) is 6.11. The lowest BCUT2D eigenvalue weighted by atomic mass is 10.0. The van der Waals surface area contributed by atoms with Gasteiger partial charge in [0.15, 0.2) is 0 Å². The summed E-state index contributed by atoms with van der Waals surface area (Å²) in [7, 11) is -5.32. The molecule has 0 aliphatic heterocycles. The molecule has 0 saturated heterocycles. The summed E-state index contributed by atoms with van der Waals surface area (Å²) >= 11 is 0. The Morgan fingerprint density at radius 1 is 1.23 bits per heavy atom. The lowest BCUT2D eigenvalue weighted by molar-refractivity contribution is -0.121. The summed E-state index contributed by atoms with van der Waals surface area (Å²) in [5.74, 6) is -0.293. The average molecular weight is 341 g/mol. The van der Waals surface area contributed by atoms with E-state index in [-0.39, 0.29) is 30.1 Å². The molecule has 2 fully saturated rings. The maximum atomic E-state index is 12.8. The Balaban J connectivity index is 2.12. The molecule has 0 bridgehead atoms. The highest BCUT2D eigenvalue weighted by Gasteiger charge is 2.64. The molecule has 2 saturated carbocycles. The second-order valence-corrected chi connectivity index (χ2v) is 8.02. The zero-order valence-corrected chi connectivity index (χ0v) is 13.6. The first-order valence-electron chi connectivity index (χ1n) is 7.77. The van der Waals surface area contributed by atoms with Gasteiger partial charge in [0.25, 0.3) is 0 Å². The molecular weight excluding hydrogens is 319 g/mol. The van der Waals surface area contributed by atoms with E-state index in [9.17, 15) is 26.4 Å². The first-order chi connectivity index (χ1) is 10.2. The lowest BCUT2D eigenvalue weighted by Gasteiger charge is -2.29. The van der Waals surface area contributed by atoms with Gasteiger partial charge in [-0.25, -0.2) is 8.42 Å². The Bertz CT molecular complexity index is 532. The minimum Gasteiger partial charge on any atom is -0.299 e. The van der Waals surface area contributed by atoms with Gasteiger partial charge in [-0.3, -0.25) is 4.79 Å². The number of ketones is 1. The van der Waals surface area contributed by atoms with Crippen LogP contribution in [0.3, 0.4) is 0 Å². The predicted molar refractivity (Wildman–Crippen MR) is 75.4 cm³/mol. The SMILES string of the molecule is CCCCC(=O)[C@@H]1[C@H]2CC[C@@H](N(CC)S(=O)(=O)C(F)(F)F)[C@H]21. The zero-order chi connectivity index (χ0) is 16.7. The summed E-state index contributed by atoms with van der Waals surface area (Å²) in [5.41, 5.74) is -5.28. The fourth-order valence-electron chi connectivity index (χ4n) is 3.88. The maximum absolute atomic E-state index is 12.8. The first kappa shape index (κ1) is 17.7. The van der Waals surface area contributed by atoms with E-state index < -0.39 is 21.6 Å². The molecular formula is C14H22F3NO3S. The summed E-state index contributed by atoms with van der Waals surface area (Å²) < 4.78 is 62.3. The van der Waals surface area contributed by atoms with Crippen LogP contribution in [0, 0.1) is 17.8 Å². The number of fused-ring (bicyclic) bond motifs is 1. The Morgan fingerprint density at radius 3 is 2.36 bits per heavy atom. The number of alkyl halides is 3. The number of nitrogens with zero attached hydrogens (tertiary/aromatic N) is 1. The second-order valence-electron chi connectivity index (χ2n) is 6.14. The van der Waals surface area contributed by atoms with Crippen LogP contribution in [-0.2, 0) is 14.8 Å². The zero-order valence-electron chi connectivity index (χ0n) is 12.8. The molecule has 0 aromatic rings. The number of sulfonamides is 1. The lowest BCUT2D eigenvalue weighted by Crippen LogP contribution is -2.47. The van der Waals surface area contributed by atoms with Crippen LogP contribution >= 0.6 is 0 Å². The molecule has 2 aliphatic rings. The number of rotatable bonds is 7. The largest absolute Gasteiger partial charge is 0.511 e. The third kappa shape index (κ3) is 2.91. The molecule has 22 heavy (non-hydrogen) atoms. The molecule has 0 spiro atoms. The van der Waals surface area contributed by atoms with Crippen molar-refractivity contribution in [1.82, 2.24) is 4.31 Å². The van der Waals surface area contributed by atoms with Gasteiger partial charge in [0.2, 0.25) is 0 Å². The standard InChI is InChI=1S/C14H22F3NO3S/c1-3-5-6-11(19)13-9-7-8-10(12(9)13)18(4-2)22(20,21)14(15,16)17/h9-10,12-13H,3-8H2,1-2H3/t9-,10+,12-,13-/m0/s1. The molecule has 0 amide bonds. The van der Waals surface area contributed by atoms with Crippen molar-refractivity contribution in [3.8, 4) is 0 Å². The Morgan fingerprint density at radius 2 is 1.86 bits per heavy atom. The highest BCUT2D eigenvalue weighted by molar-refractivity contribution is 7.90. The molecule has 0 radical (unpaired) electrons. The summed E-state index contributed by atoms with van der Waals surface area (Å²) in [5, 5.41) is 0. The van der Waals surface area contributed by atoms with Crippen LogP contribution in [0.25, 0.3) is 0 Å². The van der Waals surface area contributed by atoms with Crippen molar-refractivity contribution >= 4 is 15.8 Å². The number of carbonyl (C=O) groups excluding carboxylic acids is 1. The normalized spacial score (nSPS) is 31.4. The molecule has 0 aromatic heterocycles. The Hall–Kier alpha value is -0.630. The van der Waals surface area contributed by atoms with Crippen LogP contribution in [0.4, 0.5) is 13.2 Å². The van der Waals surface area contributed by atoms with E-state index in [4.69, 9.17) is 0 Å². The van der Waals surface area contributed by atoms with Crippen molar-refractivity contribution in [3.05, 3.63) is 0 Å². The van der Waals surface area contributed by atoms with Gasteiger partial charge < -0.3 is 0 Å². The molecule has 4 atom stereocenters. The van der Waals surface area contributed by atoms with Crippen molar-refractivity contribution in [1.29, 1.82) is 0 Å². The van der Waals surface area contributed by atoms with Gasteiger partial charge in [-0.2, -0.15) is 17.5 Å². The van der Waals surface area contributed by atoms with Gasteiger partial charge in [-0.15, -0.1) is 0 Å². The van der Waals surface area contributed by atoms with Gasteiger partial charge in [0.05, 0.1) is 0 Å². The van der Waals surface area contributed by atoms with Gasteiger partial charge in [-0.1, -0.05) is 20.3 Å². The van der Waals surface area contributed by atoms with Gasteiger partial charge in [-0.05, 0) is 31.1 Å². The molecule has 0 unspecified atom stereocenters. The van der Waals surface area contributed by atoms with Crippen LogP contribution < -0.4 is 0 Å². The van der Waals surface area contributed by atoms with Crippen molar-refractivity contribution < 1.29 is 26.4 Å². The monoisotopic (exact) mass is 341 g/mol.